The molecule has 27 heavy (non-hydrogen) atoms. The van der Waals surface area contributed by atoms with Crippen molar-refractivity contribution >= 4 is 5.97 Å². The molecular weight excluding hydrogens is 356 g/mol. The van der Waals surface area contributed by atoms with E-state index in [1.54, 1.807) is 6.92 Å². The topological polar surface area (TPSA) is 137 Å². The van der Waals surface area contributed by atoms with Crippen LogP contribution in [0, 0.1) is 5.92 Å². The zero-order valence-corrected chi connectivity index (χ0v) is 16.4. The summed E-state index contributed by atoms with van der Waals surface area (Å²) in [5, 5.41) is 48.8. The summed E-state index contributed by atoms with van der Waals surface area (Å²) in [5.41, 5.74) is 0. The Morgan fingerprint density at radius 1 is 1.04 bits per heavy atom. The highest BCUT2D eigenvalue weighted by molar-refractivity contribution is 5.72. The number of rotatable bonds is 12. The van der Waals surface area contributed by atoms with Gasteiger partial charge >= 0.3 is 11.9 Å². The third kappa shape index (κ3) is 7.29. The van der Waals surface area contributed by atoms with Crippen molar-refractivity contribution in [3.05, 3.63) is 0 Å². The molecule has 1 fully saturated rings. The Hall–Kier alpha value is -0.770. The standard InChI is InChI=1S/C19H36O8/c1-3-4-5-6-7-8-9-10-11-13(2)18(24)27-19(25)17(23)16(22)15(21)14(12-20)26-19/h13-17,20-23,25H,3-12H2,1-2H3/t13?,14-,15-,16+,17-,19?/m1/s1. The molecule has 8 heteroatoms. The number of carbonyl (C=O) groups excluding carboxylic acids is 1. The Labute approximate surface area is 161 Å². The van der Waals surface area contributed by atoms with Crippen molar-refractivity contribution in [3.63, 3.8) is 0 Å². The summed E-state index contributed by atoms with van der Waals surface area (Å²) in [7, 11) is 0. The Morgan fingerprint density at radius 3 is 2.15 bits per heavy atom. The molecule has 1 heterocycles. The second kappa shape index (κ2) is 11.9. The predicted octanol–water partition coefficient (Wildman–Crippen LogP) is 0.816. The van der Waals surface area contributed by atoms with Crippen molar-refractivity contribution in [1.29, 1.82) is 0 Å². The van der Waals surface area contributed by atoms with Crippen LogP contribution in [0.3, 0.4) is 0 Å². The molecular formula is C19H36O8. The molecule has 1 aliphatic rings. The molecule has 0 saturated carbocycles. The van der Waals surface area contributed by atoms with E-state index in [0.29, 0.717) is 6.42 Å². The number of aliphatic hydroxyl groups is 5. The maximum absolute atomic E-state index is 12.2. The Balaban J connectivity index is 2.38. The molecule has 0 aromatic rings. The van der Waals surface area contributed by atoms with E-state index in [4.69, 9.17) is 14.6 Å². The summed E-state index contributed by atoms with van der Waals surface area (Å²) >= 11 is 0. The van der Waals surface area contributed by atoms with Crippen molar-refractivity contribution < 1.29 is 39.8 Å². The van der Waals surface area contributed by atoms with Crippen LogP contribution in [0.1, 0.15) is 71.6 Å². The average molecular weight is 392 g/mol. The molecule has 0 aromatic heterocycles. The van der Waals surface area contributed by atoms with Crippen molar-refractivity contribution in [2.24, 2.45) is 5.92 Å². The minimum absolute atomic E-state index is 0.526. The van der Waals surface area contributed by atoms with Gasteiger partial charge in [-0.1, -0.05) is 65.2 Å². The van der Waals surface area contributed by atoms with Gasteiger partial charge in [0.15, 0.2) is 6.10 Å². The summed E-state index contributed by atoms with van der Waals surface area (Å²) in [4.78, 5) is 12.2. The number of esters is 1. The van der Waals surface area contributed by atoms with E-state index in [1.807, 2.05) is 0 Å². The molecule has 0 spiro atoms. The Morgan fingerprint density at radius 2 is 1.59 bits per heavy atom. The summed E-state index contributed by atoms with van der Waals surface area (Å²) in [5.74, 6) is -4.11. The van der Waals surface area contributed by atoms with E-state index in [0.717, 1.165) is 19.3 Å². The molecule has 6 atom stereocenters. The van der Waals surface area contributed by atoms with Crippen LogP contribution in [0.4, 0.5) is 0 Å². The van der Waals surface area contributed by atoms with Crippen molar-refractivity contribution in [2.45, 2.75) is 102 Å². The number of carbonyl (C=O) groups is 1. The molecule has 0 radical (unpaired) electrons. The Bertz CT molecular complexity index is 430. The van der Waals surface area contributed by atoms with E-state index in [1.165, 1.54) is 32.1 Å². The zero-order valence-electron chi connectivity index (χ0n) is 16.4. The van der Waals surface area contributed by atoms with Gasteiger partial charge in [-0.05, 0) is 6.42 Å². The molecule has 1 saturated heterocycles. The van der Waals surface area contributed by atoms with Gasteiger partial charge in [-0.3, -0.25) is 4.79 Å². The predicted molar refractivity (Wildman–Crippen MR) is 97.4 cm³/mol. The highest BCUT2D eigenvalue weighted by Gasteiger charge is 2.56. The van der Waals surface area contributed by atoms with E-state index < -0.39 is 48.9 Å². The first kappa shape index (κ1) is 24.3. The van der Waals surface area contributed by atoms with Crippen LogP contribution >= 0.6 is 0 Å². The second-order valence-electron chi connectivity index (χ2n) is 7.48. The largest absolute Gasteiger partial charge is 0.405 e. The third-order valence-corrected chi connectivity index (χ3v) is 5.07. The van der Waals surface area contributed by atoms with Gasteiger partial charge in [-0.25, -0.2) is 0 Å². The molecule has 5 N–H and O–H groups in total. The van der Waals surface area contributed by atoms with Crippen LogP contribution in [0.2, 0.25) is 0 Å². The van der Waals surface area contributed by atoms with Gasteiger partial charge in [0.05, 0.1) is 12.5 Å². The maximum Gasteiger partial charge on any atom is 0.357 e. The SMILES string of the molecule is CCCCCCCCCCC(C)C(=O)OC1(O)O[C@H](CO)[C@@H](O)[C@H](O)[C@H]1O. The van der Waals surface area contributed by atoms with Crippen LogP contribution in [-0.4, -0.2) is 68.5 Å². The lowest BCUT2D eigenvalue weighted by atomic mass is 9.97. The molecule has 0 aromatic carbocycles. The summed E-state index contributed by atoms with van der Waals surface area (Å²) in [6.07, 6.45) is 2.81. The van der Waals surface area contributed by atoms with Crippen LogP contribution in [0.25, 0.3) is 0 Å². The lowest BCUT2D eigenvalue weighted by Crippen LogP contribution is -2.66. The minimum Gasteiger partial charge on any atom is -0.405 e. The van der Waals surface area contributed by atoms with Gasteiger partial charge < -0.3 is 35.0 Å². The Kier molecular flexibility index (Phi) is 10.7. The lowest BCUT2D eigenvalue weighted by Gasteiger charge is -2.44. The molecule has 160 valence electrons. The van der Waals surface area contributed by atoms with E-state index in [-0.39, 0.29) is 0 Å². The normalized spacial score (nSPS) is 32.3. The second-order valence-corrected chi connectivity index (χ2v) is 7.48. The minimum atomic E-state index is -2.81. The van der Waals surface area contributed by atoms with Crippen molar-refractivity contribution in [3.8, 4) is 0 Å². The number of unbranched alkanes of at least 4 members (excludes halogenated alkanes) is 7. The third-order valence-electron chi connectivity index (χ3n) is 5.07. The molecule has 2 unspecified atom stereocenters. The van der Waals surface area contributed by atoms with Gasteiger partial charge in [-0.2, -0.15) is 0 Å². The van der Waals surface area contributed by atoms with E-state index in [9.17, 15) is 25.2 Å². The average Bonchev–Trinajstić information content (AvgIpc) is 2.65. The van der Waals surface area contributed by atoms with Gasteiger partial charge in [0, 0.05) is 0 Å². The highest BCUT2D eigenvalue weighted by Crippen LogP contribution is 2.30. The molecule has 1 aliphatic heterocycles. The smallest absolute Gasteiger partial charge is 0.357 e. The van der Waals surface area contributed by atoms with Crippen LogP contribution in [0.15, 0.2) is 0 Å². The number of ether oxygens (including phenoxy) is 2. The van der Waals surface area contributed by atoms with Gasteiger partial charge in [0.25, 0.3) is 0 Å². The monoisotopic (exact) mass is 392 g/mol. The van der Waals surface area contributed by atoms with Crippen LogP contribution in [-0.2, 0) is 14.3 Å². The quantitative estimate of drug-likeness (QED) is 0.187. The first-order valence-corrected chi connectivity index (χ1v) is 10.0. The van der Waals surface area contributed by atoms with Gasteiger partial charge in [0.2, 0.25) is 0 Å². The van der Waals surface area contributed by atoms with Crippen LogP contribution in [0.5, 0.6) is 0 Å². The van der Waals surface area contributed by atoms with Gasteiger partial charge in [0.1, 0.15) is 18.3 Å². The summed E-state index contributed by atoms with van der Waals surface area (Å²) in [6.45, 7) is 3.11. The first-order chi connectivity index (χ1) is 12.8. The maximum atomic E-state index is 12.2. The van der Waals surface area contributed by atoms with Gasteiger partial charge in [-0.15, -0.1) is 0 Å². The fourth-order valence-corrected chi connectivity index (χ4v) is 3.16. The number of aliphatic hydroxyl groups excluding tert-OH is 4. The molecule has 0 amide bonds. The fraction of sp³-hybridized carbons (Fsp3) is 0.947. The molecule has 1 rings (SSSR count). The van der Waals surface area contributed by atoms with E-state index in [2.05, 4.69) is 6.92 Å². The molecule has 0 bridgehead atoms. The summed E-state index contributed by atoms with van der Waals surface area (Å²) < 4.78 is 9.82. The summed E-state index contributed by atoms with van der Waals surface area (Å²) in [6, 6.07) is 0. The zero-order chi connectivity index (χ0) is 20.4. The first-order valence-electron chi connectivity index (χ1n) is 10.0. The van der Waals surface area contributed by atoms with E-state index >= 15 is 0 Å². The fourth-order valence-electron chi connectivity index (χ4n) is 3.16. The highest BCUT2D eigenvalue weighted by atomic mass is 16.8. The molecule has 0 aliphatic carbocycles. The molecule has 8 nitrogen and oxygen atoms in total. The lowest BCUT2D eigenvalue weighted by molar-refractivity contribution is -0.434. The number of hydrogen-bond donors (Lipinski definition) is 5. The van der Waals surface area contributed by atoms with Crippen molar-refractivity contribution in [2.75, 3.05) is 6.61 Å². The van der Waals surface area contributed by atoms with Crippen molar-refractivity contribution in [1.82, 2.24) is 0 Å². The van der Waals surface area contributed by atoms with Crippen LogP contribution < -0.4 is 0 Å². The number of hydrogen-bond acceptors (Lipinski definition) is 8.